The Bertz CT molecular complexity index is 189. The van der Waals surface area contributed by atoms with Crippen molar-refractivity contribution in [1.29, 1.82) is 0 Å². The highest BCUT2D eigenvalue weighted by Crippen LogP contribution is 2.11. The number of hydrogen-bond acceptors (Lipinski definition) is 4. The molecule has 2 saturated heterocycles. The molecule has 0 aromatic heterocycles. The zero-order valence-electron chi connectivity index (χ0n) is 10.3. The van der Waals surface area contributed by atoms with Gasteiger partial charge in [-0.2, -0.15) is 0 Å². The Hall–Kier alpha value is -0.160. The molecule has 2 atom stereocenters. The molecule has 2 heterocycles. The highest BCUT2D eigenvalue weighted by molar-refractivity contribution is 4.73. The zero-order valence-corrected chi connectivity index (χ0v) is 10.3. The normalized spacial score (nSPS) is 29.4. The van der Waals surface area contributed by atoms with Crippen LogP contribution in [0.25, 0.3) is 0 Å². The number of nitrogens with zero attached hydrogens (tertiary/aromatic N) is 1. The van der Waals surface area contributed by atoms with Crippen molar-refractivity contribution < 1.29 is 9.47 Å². The quantitative estimate of drug-likeness (QED) is 0.735. The molecule has 2 aliphatic heterocycles. The lowest BCUT2D eigenvalue weighted by Crippen LogP contribution is -2.45. The molecule has 0 amide bonds. The van der Waals surface area contributed by atoms with Crippen LogP contribution in [0.5, 0.6) is 0 Å². The van der Waals surface area contributed by atoms with Gasteiger partial charge in [-0.25, -0.2) is 0 Å². The second kappa shape index (κ2) is 6.55. The van der Waals surface area contributed by atoms with Gasteiger partial charge in [-0.15, -0.1) is 0 Å². The first-order valence-corrected chi connectivity index (χ1v) is 6.46. The van der Waals surface area contributed by atoms with Gasteiger partial charge >= 0.3 is 0 Å². The van der Waals surface area contributed by atoms with E-state index in [2.05, 4.69) is 17.1 Å². The predicted molar refractivity (Wildman–Crippen MR) is 63.6 cm³/mol. The van der Waals surface area contributed by atoms with Crippen molar-refractivity contribution in [2.75, 3.05) is 52.6 Å². The number of ether oxygens (including phenoxy) is 2. The summed E-state index contributed by atoms with van der Waals surface area (Å²) in [6.07, 6.45) is 1.22. The number of morpholine rings is 1. The molecule has 0 saturated carbocycles. The van der Waals surface area contributed by atoms with Crippen molar-refractivity contribution in [3.8, 4) is 0 Å². The van der Waals surface area contributed by atoms with E-state index < -0.39 is 0 Å². The molecule has 4 nitrogen and oxygen atoms in total. The number of hydrogen-bond donors (Lipinski definition) is 1. The van der Waals surface area contributed by atoms with Crippen molar-refractivity contribution >= 4 is 0 Å². The summed E-state index contributed by atoms with van der Waals surface area (Å²) in [5.74, 6) is 0.729. The summed E-state index contributed by atoms with van der Waals surface area (Å²) < 4.78 is 10.7. The monoisotopic (exact) mass is 228 g/mol. The molecule has 2 rings (SSSR count). The van der Waals surface area contributed by atoms with Crippen LogP contribution in [0.4, 0.5) is 0 Å². The SMILES string of the molecule is CC(CN1CCOCC1)NCC1CCOC1. The predicted octanol–water partition coefficient (Wildman–Crippen LogP) is 0.333. The fourth-order valence-corrected chi connectivity index (χ4v) is 2.35. The Labute approximate surface area is 98.3 Å². The van der Waals surface area contributed by atoms with E-state index >= 15 is 0 Å². The third kappa shape index (κ3) is 4.01. The molecular weight excluding hydrogens is 204 g/mol. The molecule has 2 aliphatic rings. The number of rotatable bonds is 5. The molecule has 0 aromatic rings. The smallest absolute Gasteiger partial charge is 0.0594 e. The standard InChI is InChI=1S/C12H24N2O2/c1-11(9-14-3-6-15-7-4-14)13-8-12-2-5-16-10-12/h11-13H,2-10H2,1H3. The lowest BCUT2D eigenvalue weighted by molar-refractivity contribution is 0.0342. The maximum atomic E-state index is 5.37. The molecule has 2 unspecified atom stereocenters. The van der Waals surface area contributed by atoms with Gasteiger partial charge in [0.05, 0.1) is 19.8 Å². The van der Waals surface area contributed by atoms with Crippen molar-refractivity contribution in [1.82, 2.24) is 10.2 Å². The summed E-state index contributed by atoms with van der Waals surface area (Å²) in [6.45, 7) is 10.3. The van der Waals surface area contributed by atoms with Crippen LogP contribution in [0, 0.1) is 5.92 Å². The summed E-state index contributed by atoms with van der Waals surface area (Å²) in [5.41, 5.74) is 0. The van der Waals surface area contributed by atoms with Gasteiger partial charge in [0.2, 0.25) is 0 Å². The Morgan fingerprint density at radius 3 is 2.75 bits per heavy atom. The molecule has 2 fully saturated rings. The molecule has 0 aliphatic carbocycles. The van der Waals surface area contributed by atoms with Crippen LogP contribution < -0.4 is 5.32 Å². The van der Waals surface area contributed by atoms with E-state index in [1.807, 2.05) is 0 Å². The van der Waals surface area contributed by atoms with Crippen LogP contribution in [0.3, 0.4) is 0 Å². The van der Waals surface area contributed by atoms with E-state index in [1.54, 1.807) is 0 Å². The summed E-state index contributed by atoms with van der Waals surface area (Å²) in [6, 6.07) is 0.568. The molecule has 0 aromatic carbocycles. The van der Waals surface area contributed by atoms with Crippen molar-refractivity contribution in [2.24, 2.45) is 5.92 Å². The van der Waals surface area contributed by atoms with Crippen molar-refractivity contribution in [2.45, 2.75) is 19.4 Å². The van der Waals surface area contributed by atoms with Crippen molar-refractivity contribution in [3.05, 3.63) is 0 Å². The minimum atomic E-state index is 0.568. The Kier molecular flexibility index (Phi) is 5.03. The average Bonchev–Trinajstić information content (AvgIpc) is 2.81. The summed E-state index contributed by atoms with van der Waals surface area (Å²) in [7, 11) is 0. The Morgan fingerprint density at radius 2 is 2.06 bits per heavy atom. The summed E-state index contributed by atoms with van der Waals surface area (Å²) in [4.78, 5) is 2.48. The molecule has 94 valence electrons. The third-order valence-corrected chi connectivity index (χ3v) is 3.41. The molecular formula is C12H24N2O2. The lowest BCUT2D eigenvalue weighted by Gasteiger charge is -2.29. The van der Waals surface area contributed by atoms with E-state index in [0.717, 1.165) is 58.5 Å². The van der Waals surface area contributed by atoms with E-state index in [4.69, 9.17) is 9.47 Å². The van der Waals surface area contributed by atoms with Gasteiger partial charge in [-0.3, -0.25) is 4.90 Å². The van der Waals surface area contributed by atoms with Crippen LogP contribution in [0.15, 0.2) is 0 Å². The second-order valence-corrected chi connectivity index (χ2v) is 4.95. The van der Waals surface area contributed by atoms with Crippen LogP contribution in [-0.2, 0) is 9.47 Å². The molecule has 0 bridgehead atoms. The van der Waals surface area contributed by atoms with E-state index in [-0.39, 0.29) is 0 Å². The first kappa shape index (κ1) is 12.3. The fraction of sp³-hybridized carbons (Fsp3) is 1.00. The second-order valence-electron chi connectivity index (χ2n) is 4.95. The molecule has 0 radical (unpaired) electrons. The van der Waals surface area contributed by atoms with E-state index in [0.29, 0.717) is 6.04 Å². The van der Waals surface area contributed by atoms with Gasteiger partial charge in [0.25, 0.3) is 0 Å². The van der Waals surface area contributed by atoms with Gasteiger partial charge in [0.15, 0.2) is 0 Å². The average molecular weight is 228 g/mol. The maximum Gasteiger partial charge on any atom is 0.0594 e. The van der Waals surface area contributed by atoms with Crippen LogP contribution in [-0.4, -0.2) is 63.5 Å². The molecule has 0 spiro atoms. The van der Waals surface area contributed by atoms with Crippen LogP contribution in [0.1, 0.15) is 13.3 Å². The van der Waals surface area contributed by atoms with E-state index in [1.165, 1.54) is 6.42 Å². The van der Waals surface area contributed by atoms with Gasteiger partial charge in [0.1, 0.15) is 0 Å². The summed E-state index contributed by atoms with van der Waals surface area (Å²) in [5, 5.41) is 3.61. The van der Waals surface area contributed by atoms with Crippen LogP contribution >= 0.6 is 0 Å². The minimum absolute atomic E-state index is 0.568. The topological polar surface area (TPSA) is 33.7 Å². The highest BCUT2D eigenvalue weighted by Gasteiger charge is 2.17. The lowest BCUT2D eigenvalue weighted by atomic mass is 10.1. The minimum Gasteiger partial charge on any atom is -0.381 e. The third-order valence-electron chi connectivity index (χ3n) is 3.41. The number of nitrogens with one attached hydrogen (secondary N) is 1. The van der Waals surface area contributed by atoms with E-state index in [9.17, 15) is 0 Å². The van der Waals surface area contributed by atoms with Gasteiger partial charge in [-0.1, -0.05) is 0 Å². The molecule has 4 heteroatoms. The molecule has 1 N–H and O–H groups in total. The Morgan fingerprint density at radius 1 is 1.25 bits per heavy atom. The largest absolute Gasteiger partial charge is 0.381 e. The van der Waals surface area contributed by atoms with Gasteiger partial charge in [0, 0.05) is 38.8 Å². The highest BCUT2D eigenvalue weighted by atomic mass is 16.5. The maximum absolute atomic E-state index is 5.37. The van der Waals surface area contributed by atoms with Crippen molar-refractivity contribution in [3.63, 3.8) is 0 Å². The molecule has 16 heavy (non-hydrogen) atoms. The fourth-order valence-electron chi connectivity index (χ4n) is 2.35. The Balaban J connectivity index is 1.57. The first-order chi connectivity index (χ1) is 7.84. The first-order valence-electron chi connectivity index (χ1n) is 6.46. The van der Waals surface area contributed by atoms with Gasteiger partial charge < -0.3 is 14.8 Å². The van der Waals surface area contributed by atoms with Crippen LogP contribution in [0.2, 0.25) is 0 Å². The zero-order chi connectivity index (χ0) is 11.2. The summed E-state index contributed by atoms with van der Waals surface area (Å²) >= 11 is 0. The van der Waals surface area contributed by atoms with Gasteiger partial charge in [-0.05, 0) is 19.3 Å².